The molecule has 0 radical (unpaired) electrons. The van der Waals surface area contributed by atoms with Gasteiger partial charge >= 0.3 is 0 Å². The molecule has 35 heavy (non-hydrogen) atoms. The normalized spacial score (nSPS) is 13.2. The Morgan fingerprint density at radius 3 is 1.94 bits per heavy atom. The first-order valence-corrected chi connectivity index (χ1v) is 13.3. The Morgan fingerprint density at radius 2 is 1.40 bits per heavy atom. The molecule has 1 N–H and O–H groups in total. The Balaban J connectivity index is 0. The first kappa shape index (κ1) is 36.3. The molecule has 0 fully saturated rings. The Labute approximate surface area is 230 Å². The van der Waals surface area contributed by atoms with Crippen molar-refractivity contribution in [3.05, 3.63) is 35.4 Å². The van der Waals surface area contributed by atoms with E-state index in [-0.39, 0.29) is 30.7 Å². The SMILES string of the molecule is CC(C)CCCC(C)CCCC(C)Cc1ccc(C(=O)NCC[N+](C)(C)CCN(C)C)cc1.Cl.Cl. The molecule has 206 valence electrons. The van der Waals surface area contributed by atoms with Gasteiger partial charge in [-0.05, 0) is 56.0 Å². The standard InChI is InChI=1S/C29H53N3O.2ClH/c1-24(2)11-9-12-25(3)13-10-14-26(4)23-27-15-17-28(18-16-27)29(33)30-19-21-32(7,8)22-20-31(5)6;;/h15-18,24-26H,9-14,19-23H2,1-8H3;2*1H/p+1. The highest BCUT2D eigenvalue weighted by Gasteiger charge is 2.16. The molecule has 0 aromatic heterocycles. The quantitative estimate of drug-likeness (QED) is 0.226. The van der Waals surface area contributed by atoms with E-state index in [0.29, 0.717) is 12.5 Å². The second kappa shape index (κ2) is 19.3. The van der Waals surface area contributed by atoms with Crippen molar-refractivity contribution in [1.29, 1.82) is 0 Å². The third kappa shape index (κ3) is 18.1. The topological polar surface area (TPSA) is 32.3 Å². The van der Waals surface area contributed by atoms with Gasteiger partial charge in [0.2, 0.25) is 0 Å². The lowest BCUT2D eigenvalue weighted by Gasteiger charge is -2.31. The first-order chi connectivity index (χ1) is 15.5. The average molecular weight is 534 g/mol. The zero-order valence-electron chi connectivity index (χ0n) is 23.9. The highest BCUT2D eigenvalue weighted by molar-refractivity contribution is 5.94. The van der Waals surface area contributed by atoms with Crippen LogP contribution in [0.3, 0.4) is 0 Å². The lowest BCUT2D eigenvalue weighted by molar-refractivity contribution is -0.888. The molecule has 0 aliphatic heterocycles. The maximum atomic E-state index is 12.5. The van der Waals surface area contributed by atoms with Gasteiger partial charge in [0.25, 0.3) is 5.91 Å². The molecule has 6 heteroatoms. The lowest BCUT2D eigenvalue weighted by atomic mass is 9.91. The summed E-state index contributed by atoms with van der Waals surface area (Å²) in [5, 5.41) is 3.09. The number of hydrogen-bond donors (Lipinski definition) is 1. The van der Waals surface area contributed by atoms with Crippen molar-refractivity contribution in [2.75, 3.05) is 54.4 Å². The summed E-state index contributed by atoms with van der Waals surface area (Å²) < 4.78 is 0.909. The van der Waals surface area contributed by atoms with Crippen molar-refractivity contribution in [1.82, 2.24) is 10.2 Å². The summed E-state index contributed by atoms with van der Waals surface area (Å²) in [5.41, 5.74) is 2.10. The minimum Gasteiger partial charge on any atom is -0.346 e. The molecule has 0 heterocycles. The highest BCUT2D eigenvalue weighted by atomic mass is 35.5. The van der Waals surface area contributed by atoms with E-state index in [1.807, 2.05) is 12.1 Å². The van der Waals surface area contributed by atoms with Crippen LogP contribution in [0.25, 0.3) is 0 Å². The Hall–Kier alpha value is -0.810. The molecular weight excluding hydrogens is 477 g/mol. The van der Waals surface area contributed by atoms with Crippen molar-refractivity contribution >= 4 is 30.7 Å². The van der Waals surface area contributed by atoms with Crippen LogP contribution in [0.2, 0.25) is 0 Å². The molecule has 0 aliphatic carbocycles. The van der Waals surface area contributed by atoms with Gasteiger partial charge < -0.3 is 14.7 Å². The van der Waals surface area contributed by atoms with Crippen LogP contribution in [0.5, 0.6) is 0 Å². The fraction of sp³-hybridized carbons (Fsp3) is 0.759. The van der Waals surface area contributed by atoms with E-state index in [2.05, 4.69) is 78.2 Å². The maximum absolute atomic E-state index is 12.5. The summed E-state index contributed by atoms with van der Waals surface area (Å²) in [7, 11) is 8.64. The molecule has 1 aromatic rings. The van der Waals surface area contributed by atoms with Gasteiger partial charge in [-0.3, -0.25) is 4.79 Å². The number of carbonyl (C=O) groups is 1. The van der Waals surface area contributed by atoms with Gasteiger partial charge in [-0.1, -0.05) is 78.4 Å². The third-order valence-electron chi connectivity index (χ3n) is 6.83. The van der Waals surface area contributed by atoms with Crippen molar-refractivity contribution in [3.63, 3.8) is 0 Å². The zero-order valence-corrected chi connectivity index (χ0v) is 25.6. The van der Waals surface area contributed by atoms with Crippen molar-refractivity contribution in [3.8, 4) is 0 Å². The summed E-state index contributed by atoms with van der Waals surface area (Å²) in [5.74, 6) is 2.41. The predicted octanol–water partition coefficient (Wildman–Crippen LogP) is 6.71. The molecule has 2 unspecified atom stereocenters. The second-order valence-electron chi connectivity index (χ2n) is 11.8. The summed E-state index contributed by atoms with van der Waals surface area (Å²) in [6, 6.07) is 8.24. The van der Waals surface area contributed by atoms with E-state index in [0.717, 1.165) is 47.9 Å². The number of carbonyl (C=O) groups excluding carboxylic acids is 1. The number of rotatable bonds is 17. The van der Waals surface area contributed by atoms with E-state index >= 15 is 0 Å². The largest absolute Gasteiger partial charge is 0.346 e. The summed E-state index contributed by atoms with van der Waals surface area (Å²) >= 11 is 0. The number of hydrogen-bond acceptors (Lipinski definition) is 2. The second-order valence-corrected chi connectivity index (χ2v) is 11.8. The van der Waals surface area contributed by atoms with Gasteiger partial charge in [0, 0.05) is 12.1 Å². The summed E-state index contributed by atoms with van der Waals surface area (Å²) in [6.07, 6.45) is 9.19. The van der Waals surface area contributed by atoms with Crippen LogP contribution in [0.4, 0.5) is 0 Å². The first-order valence-electron chi connectivity index (χ1n) is 13.3. The monoisotopic (exact) mass is 532 g/mol. The summed E-state index contributed by atoms with van der Waals surface area (Å²) in [6.45, 7) is 13.2. The number of amides is 1. The minimum absolute atomic E-state index is 0. The van der Waals surface area contributed by atoms with Gasteiger partial charge in [0.05, 0.1) is 33.7 Å². The highest BCUT2D eigenvalue weighted by Crippen LogP contribution is 2.21. The van der Waals surface area contributed by atoms with E-state index in [1.165, 1.54) is 44.1 Å². The van der Waals surface area contributed by atoms with Crippen LogP contribution in [-0.4, -0.2) is 69.7 Å². The predicted molar refractivity (Wildman–Crippen MR) is 158 cm³/mol. The minimum atomic E-state index is 0. The average Bonchev–Trinajstić information content (AvgIpc) is 2.72. The van der Waals surface area contributed by atoms with Crippen molar-refractivity contribution < 1.29 is 9.28 Å². The van der Waals surface area contributed by atoms with E-state index in [9.17, 15) is 4.79 Å². The Kier molecular flexibility index (Phi) is 20.1. The van der Waals surface area contributed by atoms with Crippen molar-refractivity contribution in [2.45, 2.75) is 72.6 Å². The molecule has 0 aliphatic rings. The molecule has 0 spiro atoms. The number of nitrogens with zero attached hydrogens (tertiary/aromatic N) is 2. The maximum Gasteiger partial charge on any atom is 0.251 e. The molecular formula is C29H56Cl2N3O+. The van der Waals surface area contributed by atoms with Crippen LogP contribution in [0.15, 0.2) is 24.3 Å². The van der Waals surface area contributed by atoms with Gasteiger partial charge in [-0.2, -0.15) is 0 Å². The van der Waals surface area contributed by atoms with Crippen LogP contribution in [-0.2, 0) is 6.42 Å². The fourth-order valence-corrected chi connectivity index (χ4v) is 4.29. The molecule has 4 nitrogen and oxygen atoms in total. The number of benzene rings is 1. The molecule has 0 saturated carbocycles. The molecule has 0 saturated heterocycles. The molecule has 0 bridgehead atoms. The number of likely N-dealkylation sites (N-methyl/N-ethyl adjacent to an activating group) is 2. The number of quaternary nitrogens is 1. The Morgan fingerprint density at radius 1 is 0.857 bits per heavy atom. The smallest absolute Gasteiger partial charge is 0.251 e. The van der Waals surface area contributed by atoms with Gasteiger partial charge in [0.15, 0.2) is 0 Å². The van der Waals surface area contributed by atoms with Crippen LogP contribution in [0.1, 0.15) is 82.1 Å². The molecule has 2 atom stereocenters. The van der Waals surface area contributed by atoms with Crippen LogP contribution in [0, 0.1) is 17.8 Å². The van der Waals surface area contributed by atoms with Gasteiger partial charge in [0.1, 0.15) is 0 Å². The molecule has 1 amide bonds. The van der Waals surface area contributed by atoms with Gasteiger partial charge in [-0.15, -0.1) is 24.8 Å². The zero-order chi connectivity index (χ0) is 24.9. The molecule has 1 aromatic carbocycles. The number of halogens is 2. The van der Waals surface area contributed by atoms with E-state index in [4.69, 9.17) is 0 Å². The third-order valence-corrected chi connectivity index (χ3v) is 6.83. The van der Waals surface area contributed by atoms with Crippen LogP contribution < -0.4 is 5.32 Å². The Bertz CT molecular complexity index is 662. The molecule has 1 rings (SSSR count). The summed E-state index contributed by atoms with van der Waals surface area (Å²) in [4.78, 5) is 14.7. The number of nitrogens with one attached hydrogen (secondary N) is 1. The fourth-order valence-electron chi connectivity index (χ4n) is 4.29. The lowest BCUT2D eigenvalue weighted by Crippen LogP contribution is -2.48. The van der Waals surface area contributed by atoms with Gasteiger partial charge in [-0.25, -0.2) is 0 Å². The van der Waals surface area contributed by atoms with Crippen molar-refractivity contribution in [2.24, 2.45) is 17.8 Å². The van der Waals surface area contributed by atoms with E-state index in [1.54, 1.807) is 0 Å². The van der Waals surface area contributed by atoms with E-state index < -0.39 is 0 Å². The van der Waals surface area contributed by atoms with Crippen LogP contribution >= 0.6 is 24.8 Å².